The fourth-order valence-corrected chi connectivity index (χ4v) is 3.73. The molecule has 0 aliphatic heterocycles. The smallest absolute Gasteiger partial charge is 0.572 e. The van der Waals surface area contributed by atoms with Crippen LogP contribution in [0.3, 0.4) is 0 Å². The molecule has 200 valence electrons. The molecule has 0 radical (unpaired) electrons. The van der Waals surface area contributed by atoms with E-state index in [0.717, 1.165) is 44.6 Å². The van der Waals surface area contributed by atoms with Crippen LogP contribution in [0, 0.1) is 0 Å². The van der Waals surface area contributed by atoms with E-state index in [4.69, 9.17) is 0 Å². The van der Waals surface area contributed by atoms with Gasteiger partial charge in [0.15, 0.2) is 0 Å². The molecule has 8 nitrogen and oxygen atoms in total. The summed E-state index contributed by atoms with van der Waals surface area (Å²) in [7, 11) is 0. The van der Waals surface area contributed by atoms with Crippen LogP contribution in [0.15, 0.2) is 73.1 Å². The minimum absolute atomic E-state index is 0. The SMILES string of the molecule is CC(C)(C)c1cc(-c2ncc3ccccc3n2)[n-]n1.CC(C)(C)c1cc(-c2ncc3ccccc3n2)[n-]n1.[Pt+2]. The maximum absolute atomic E-state index is 4.53. The van der Waals surface area contributed by atoms with Gasteiger partial charge in [-0.15, -0.1) is 0 Å². The first-order valence-electron chi connectivity index (χ1n) is 12.5. The van der Waals surface area contributed by atoms with Crippen LogP contribution in [0.25, 0.3) is 44.8 Å². The predicted molar refractivity (Wildman–Crippen MR) is 150 cm³/mol. The van der Waals surface area contributed by atoms with Gasteiger partial charge < -0.3 is 20.4 Å². The molecule has 0 bridgehead atoms. The van der Waals surface area contributed by atoms with Gasteiger partial charge in [0.05, 0.1) is 11.0 Å². The van der Waals surface area contributed by atoms with Gasteiger partial charge in [-0.05, 0) is 12.1 Å². The molecule has 0 saturated carbocycles. The van der Waals surface area contributed by atoms with Crippen LogP contribution >= 0.6 is 0 Å². The van der Waals surface area contributed by atoms with Gasteiger partial charge in [-0.2, -0.15) is 0 Å². The summed E-state index contributed by atoms with van der Waals surface area (Å²) in [4.78, 5) is 17.8. The van der Waals surface area contributed by atoms with Gasteiger partial charge in [-0.25, -0.2) is 19.9 Å². The second-order valence-electron chi connectivity index (χ2n) is 11.2. The first-order chi connectivity index (χ1) is 18.1. The van der Waals surface area contributed by atoms with Crippen LogP contribution in [0.4, 0.5) is 0 Å². The Kier molecular flexibility index (Phi) is 8.07. The Morgan fingerprint density at radius 3 is 1.31 bits per heavy atom. The predicted octanol–water partition coefficient (Wildman–Crippen LogP) is 5.89. The molecule has 4 heterocycles. The summed E-state index contributed by atoms with van der Waals surface area (Å²) < 4.78 is 0. The summed E-state index contributed by atoms with van der Waals surface area (Å²) in [5.74, 6) is 1.25. The van der Waals surface area contributed by atoms with Gasteiger partial charge in [0, 0.05) is 45.4 Å². The Bertz CT molecular complexity index is 1580. The molecule has 0 unspecified atom stereocenters. The Balaban J connectivity index is 0.000000176. The molecule has 0 saturated heterocycles. The topological polar surface area (TPSA) is 106 Å². The summed E-state index contributed by atoms with van der Waals surface area (Å²) in [5.41, 5.74) is 5.20. The van der Waals surface area contributed by atoms with Crippen molar-refractivity contribution in [1.29, 1.82) is 0 Å². The van der Waals surface area contributed by atoms with Crippen LogP contribution in [0.5, 0.6) is 0 Å². The fourth-order valence-electron chi connectivity index (χ4n) is 3.73. The number of fused-ring (bicyclic) bond motifs is 2. The number of aromatic nitrogens is 8. The summed E-state index contributed by atoms with van der Waals surface area (Å²) in [6.07, 6.45) is 3.65. The van der Waals surface area contributed by atoms with Gasteiger partial charge in [0.1, 0.15) is 11.6 Å². The van der Waals surface area contributed by atoms with Crippen molar-refractivity contribution in [3.05, 3.63) is 84.4 Å². The fraction of sp³-hybridized carbons (Fsp3) is 0.267. The Morgan fingerprint density at radius 1 is 0.564 bits per heavy atom. The number of hydrogen-bond acceptors (Lipinski definition) is 6. The molecule has 0 aliphatic carbocycles. The summed E-state index contributed by atoms with van der Waals surface area (Å²) in [5, 5.41) is 18.9. The molecule has 2 aromatic carbocycles. The van der Waals surface area contributed by atoms with Gasteiger partial charge in [0.2, 0.25) is 0 Å². The molecule has 0 aliphatic rings. The molecule has 0 N–H and O–H groups in total. The largest absolute Gasteiger partial charge is 2.00 e. The van der Waals surface area contributed by atoms with Crippen LogP contribution in [0.1, 0.15) is 52.9 Å². The number of benzene rings is 2. The maximum Gasteiger partial charge on any atom is 2.00 e. The van der Waals surface area contributed by atoms with Crippen LogP contribution in [-0.4, -0.2) is 30.1 Å². The second kappa shape index (κ2) is 11.1. The summed E-state index contributed by atoms with van der Waals surface area (Å²) >= 11 is 0. The third kappa shape index (κ3) is 6.45. The molecule has 6 rings (SSSR count). The summed E-state index contributed by atoms with van der Waals surface area (Å²) in [6.45, 7) is 12.7. The van der Waals surface area contributed by atoms with E-state index in [2.05, 4.69) is 81.9 Å². The first-order valence-corrected chi connectivity index (χ1v) is 12.5. The molecule has 39 heavy (non-hydrogen) atoms. The zero-order chi connectivity index (χ0) is 26.9. The van der Waals surface area contributed by atoms with Crippen molar-refractivity contribution >= 4 is 21.8 Å². The van der Waals surface area contributed by atoms with Gasteiger partial charge in [-0.3, -0.25) is 0 Å². The molecule has 6 aromatic rings. The second-order valence-corrected chi connectivity index (χ2v) is 11.2. The number of para-hydroxylation sites is 2. The molecular formula is C30H30N8Pt. The standard InChI is InChI=1S/2C15H15N4.Pt/c2*1-15(2,3)13-8-12(18-19-13)14-16-9-10-6-4-5-7-11(10)17-14;/h2*4-9H,1-3H3;/q2*-1;+2. The molecule has 4 aromatic heterocycles. The van der Waals surface area contributed by atoms with Crippen molar-refractivity contribution in [2.75, 3.05) is 0 Å². The van der Waals surface area contributed by atoms with E-state index in [1.807, 2.05) is 73.1 Å². The van der Waals surface area contributed by atoms with Gasteiger partial charge >= 0.3 is 21.1 Å². The van der Waals surface area contributed by atoms with Crippen molar-refractivity contribution in [3.63, 3.8) is 0 Å². The molecule has 0 fully saturated rings. The minimum atomic E-state index is -0.0118. The number of nitrogens with zero attached hydrogens (tertiary/aromatic N) is 8. The van der Waals surface area contributed by atoms with Gasteiger partial charge in [-0.1, -0.05) is 101 Å². The zero-order valence-corrected chi connectivity index (χ0v) is 25.1. The van der Waals surface area contributed by atoms with E-state index in [1.54, 1.807) is 0 Å². The van der Waals surface area contributed by atoms with Crippen molar-refractivity contribution in [2.24, 2.45) is 0 Å². The van der Waals surface area contributed by atoms with Gasteiger partial charge in [0.25, 0.3) is 0 Å². The quantitative estimate of drug-likeness (QED) is 0.221. The normalized spacial score (nSPS) is 11.6. The summed E-state index contributed by atoms with van der Waals surface area (Å²) in [6, 6.07) is 19.8. The van der Waals surface area contributed by atoms with Crippen LogP contribution in [-0.2, 0) is 31.9 Å². The van der Waals surface area contributed by atoms with Crippen LogP contribution in [0.2, 0.25) is 0 Å². The van der Waals surface area contributed by atoms with E-state index in [0.29, 0.717) is 11.6 Å². The Hall–Kier alpha value is -3.77. The minimum Gasteiger partial charge on any atom is -0.572 e. The van der Waals surface area contributed by atoms with Crippen molar-refractivity contribution < 1.29 is 21.1 Å². The first kappa shape index (κ1) is 28.2. The average molecular weight is 698 g/mol. The van der Waals surface area contributed by atoms with E-state index in [1.165, 1.54) is 0 Å². The third-order valence-corrected chi connectivity index (χ3v) is 6.05. The maximum atomic E-state index is 4.53. The Morgan fingerprint density at radius 2 is 0.949 bits per heavy atom. The molecule has 0 spiro atoms. The van der Waals surface area contributed by atoms with Crippen molar-refractivity contribution in [2.45, 2.75) is 52.4 Å². The number of rotatable bonds is 2. The van der Waals surface area contributed by atoms with E-state index in [-0.39, 0.29) is 31.9 Å². The molecule has 9 heteroatoms. The van der Waals surface area contributed by atoms with E-state index in [9.17, 15) is 0 Å². The van der Waals surface area contributed by atoms with E-state index >= 15 is 0 Å². The van der Waals surface area contributed by atoms with Crippen molar-refractivity contribution in [1.82, 2.24) is 40.3 Å². The molecule has 0 amide bonds. The molecular weight excluding hydrogens is 667 g/mol. The molecule has 0 atom stereocenters. The van der Waals surface area contributed by atoms with Crippen molar-refractivity contribution in [3.8, 4) is 23.0 Å². The Labute approximate surface area is 242 Å². The van der Waals surface area contributed by atoms with E-state index < -0.39 is 0 Å². The average Bonchev–Trinajstić information content (AvgIpc) is 3.59. The number of hydrogen-bond donors (Lipinski definition) is 0. The monoisotopic (exact) mass is 697 g/mol. The third-order valence-electron chi connectivity index (χ3n) is 6.05. The zero-order valence-electron chi connectivity index (χ0n) is 22.8. The van der Waals surface area contributed by atoms with Crippen LogP contribution < -0.4 is 10.2 Å².